The predicted octanol–water partition coefficient (Wildman–Crippen LogP) is 7.23. The van der Waals surface area contributed by atoms with Crippen LogP contribution in [-0.4, -0.2) is 13.0 Å². The molecule has 0 aliphatic rings. The summed E-state index contributed by atoms with van der Waals surface area (Å²) in [5.74, 6) is 0.580. The SMILES string of the molecule is COc1cc(/C=C(\C#N)C(=O)Nc2cccc(Cl)c2)cc(I)c1OCc1cccc2ccccc12. The fourth-order valence-corrected chi connectivity index (χ4v) is 4.58. The van der Waals surface area contributed by atoms with Crippen molar-refractivity contribution in [2.24, 2.45) is 0 Å². The number of ether oxygens (including phenoxy) is 2. The molecule has 7 heteroatoms. The van der Waals surface area contributed by atoms with Crippen molar-refractivity contribution in [3.63, 3.8) is 0 Å². The number of fused-ring (bicyclic) bond motifs is 1. The Kier molecular flexibility index (Phi) is 7.91. The van der Waals surface area contributed by atoms with Gasteiger partial charge in [-0.2, -0.15) is 5.26 Å². The molecule has 0 bridgehead atoms. The van der Waals surface area contributed by atoms with Crippen LogP contribution in [0, 0.1) is 14.9 Å². The first-order valence-electron chi connectivity index (χ1n) is 10.6. The maximum atomic E-state index is 12.6. The average Bonchev–Trinajstić information content (AvgIpc) is 2.86. The molecule has 1 amide bonds. The lowest BCUT2D eigenvalue weighted by Gasteiger charge is -2.15. The maximum Gasteiger partial charge on any atom is 0.266 e. The van der Waals surface area contributed by atoms with Crippen molar-refractivity contribution in [2.45, 2.75) is 6.61 Å². The minimum absolute atomic E-state index is 0.0488. The zero-order valence-electron chi connectivity index (χ0n) is 18.7. The lowest BCUT2D eigenvalue weighted by atomic mass is 10.1. The summed E-state index contributed by atoms with van der Waals surface area (Å²) in [6.07, 6.45) is 1.51. The Morgan fingerprint density at radius 3 is 2.63 bits per heavy atom. The molecular weight excluding hydrogens is 575 g/mol. The molecule has 5 nitrogen and oxygen atoms in total. The number of halogens is 2. The molecule has 4 aromatic carbocycles. The van der Waals surface area contributed by atoms with Gasteiger partial charge in [-0.1, -0.05) is 60.1 Å². The van der Waals surface area contributed by atoms with Crippen molar-refractivity contribution in [3.8, 4) is 17.6 Å². The molecule has 0 aromatic heterocycles. The van der Waals surface area contributed by atoms with Crippen molar-refractivity contribution in [2.75, 3.05) is 12.4 Å². The maximum absolute atomic E-state index is 12.6. The second kappa shape index (κ2) is 11.3. The molecule has 0 aliphatic heterocycles. The minimum Gasteiger partial charge on any atom is -0.493 e. The normalized spacial score (nSPS) is 11.1. The molecule has 4 aromatic rings. The summed E-state index contributed by atoms with van der Waals surface area (Å²) >= 11 is 8.13. The monoisotopic (exact) mass is 594 g/mol. The second-order valence-electron chi connectivity index (χ2n) is 7.60. The highest BCUT2D eigenvalue weighted by molar-refractivity contribution is 14.1. The van der Waals surface area contributed by atoms with Crippen molar-refractivity contribution >= 4 is 62.6 Å². The van der Waals surface area contributed by atoms with Gasteiger partial charge in [-0.05, 0) is 80.9 Å². The predicted molar refractivity (Wildman–Crippen MR) is 148 cm³/mol. The molecule has 0 heterocycles. The topological polar surface area (TPSA) is 71.3 Å². The average molecular weight is 595 g/mol. The molecule has 0 aliphatic carbocycles. The van der Waals surface area contributed by atoms with Gasteiger partial charge in [0.1, 0.15) is 18.2 Å². The molecule has 35 heavy (non-hydrogen) atoms. The summed E-state index contributed by atoms with van der Waals surface area (Å²) in [5.41, 5.74) is 2.16. The fourth-order valence-electron chi connectivity index (χ4n) is 3.61. The van der Waals surface area contributed by atoms with E-state index in [2.05, 4.69) is 46.1 Å². The molecule has 4 rings (SSSR count). The summed E-state index contributed by atoms with van der Waals surface area (Å²) in [4.78, 5) is 12.6. The van der Waals surface area contributed by atoms with Crippen molar-refractivity contribution in [3.05, 3.63) is 104 Å². The van der Waals surface area contributed by atoms with E-state index in [1.807, 2.05) is 36.4 Å². The molecule has 0 unspecified atom stereocenters. The van der Waals surface area contributed by atoms with Crippen LogP contribution < -0.4 is 14.8 Å². The van der Waals surface area contributed by atoms with Gasteiger partial charge in [-0.15, -0.1) is 0 Å². The molecule has 0 fully saturated rings. The van der Waals surface area contributed by atoms with Gasteiger partial charge < -0.3 is 14.8 Å². The minimum atomic E-state index is -0.528. The van der Waals surface area contributed by atoms with Gasteiger partial charge in [0.2, 0.25) is 0 Å². The molecule has 0 saturated carbocycles. The summed E-state index contributed by atoms with van der Waals surface area (Å²) in [6.45, 7) is 0.369. The van der Waals surface area contributed by atoms with Gasteiger partial charge >= 0.3 is 0 Å². The Labute approximate surface area is 222 Å². The third-order valence-corrected chi connectivity index (χ3v) is 6.30. The number of anilines is 1. The smallest absolute Gasteiger partial charge is 0.266 e. The summed E-state index contributed by atoms with van der Waals surface area (Å²) < 4.78 is 12.5. The Morgan fingerprint density at radius 1 is 1.09 bits per heavy atom. The standard InChI is InChI=1S/C28H20ClIN2O3/c1-34-26-14-18(12-21(16-31)28(33)32-23-10-5-9-22(29)15-23)13-25(30)27(26)35-17-20-8-4-7-19-6-2-3-11-24(19)20/h2-15H,17H2,1H3,(H,32,33)/b21-12+. The Hall–Kier alpha value is -3.54. The molecule has 0 radical (unpaired) electrons. The van der Waals surface area contributed by atoms with Crippen LogP contribution in [0.3, 0.4) is 0 Å². The van der Waals surface area contributed by atoms with Crippen LogP contribution in [0.15, 0.2) is 84.4 Å². The zero-order chi connectivity index (χ0) is 24.8. The highest BCUT2D eigenvalue weighted by Gasteiger charge is 2.15. The van der Waals surface area contributed by atoms with Crippen LogP contribution in [0.4, 0.5) is 5.69 Å². The van der Waals surface area contributed by atoms with Crippen LogP contribution in [0.25, 0.3) is 16.8 Å². The molecule has 0 saturated heterocycles. The van der Waals surface area contributed by atoms with E-state index >= 15 is 0 Å². The Morgan fingerprint density at radius 2 is 1.86 bits per heavy atom. The van der Waals surface area contributed by atoms with Crippen LogP contribution in [0.2, 0.25) is 5.02 Å². The lowest BCUT2D eigenvalue weighted by Crippen LogP contribution is -2.13. The molecule has 0 atom stereocenters. The van der Waals surface area contributed by atoms with E-state index in [1.165, 1.54) is 6.08 Å². The van der Waals surface area contributed by atoms with Gasteiger partial charge in [0.15, 0.2) is 11.5 Å². The van der Waals surface area contributed by atoms with E-state index in [9.17, 15) is 10.1 Å². The molecule has 0 spiro atoms. The number of nitriles is 1. The van der Waals surface area contributed by atoms with Gasteiger partial charge in [0.25, 0.3) is 5.91 Å². The van der Waals surface area contributed by atoms with Crippen LogP contribution in [0.5, 0.6) is 11.5 Å². The number of methoxy groups -OCH3 is 1. The van der Waals surface area contributed by atoms with E-state index in [0.717, 1.165) is 19.9 Å². The quantitative estimate of drug-likeness (QED) is 0.139. The van der Waals surface area contributed by atoms with E-state index in [4.69, 9.17) is 21.1 Å². The number of benzene rings is 4. The first-order valence-corrected chi connectivity index (χ1v) is 12.1. The highest BCUT2D eigenvalue weighted by atomic mass is 127. The van der Waals surface area contributed by atoms with E-state index in [-0.39, 0.29) is 5.57 Å². The third kappa shape index (κ3) is 5.94. The first-order chi connectivity index (χ1) is 17.0. The number of hydrogen-bond donors (Lipinski definition) is 1. The van der Waals surface area contributed by atoms with E-state index < -0.39 is 5.91 Å². The van der Waals surface area contributed by atoms with Crippen molar-refractivity contribution in [1.82, 2.24) is 0 Å². The number of rotatable bonds is 7. The number of carbonyl (C=O) groups excluding carboxylic acids is 1. The summed E-state index contributed by atoms with van der Waals surface area (Å²) in [5, 5.41) is 15.0. The first kappa shape index (κ1) is 24.6. The Bertz CT molecular complexity index is 1470. The third-order valence-electron chi connectivity index (χ3n) is 5.26. The molecular formula is C28H20ClIN2O3. The van der Waals surface area contributed by atoms with Gasteiger partial charge in [0, 0.05) is 10.7 Å². The highest BCUT2D eigenvalue weighted by Crippen LogP contribution is 2.35. The van der Waals surface area contributed by atoms with Gasteiger partial charge in [0.05, 0.1) is 10.7 Å². The van der Waals surface area contributed by atoms with Crippen molar-refractivity contribution < 1.29 is 14.3 Å². The summed E-state index contributed by atoms with van der Waals surface area (Å²) in [6, 6.07) is 26.6. The number of amides is 1. The second-order valence-corrected chi connectivity index (χ2v) is 9.19. The van der Waals surface area contributed by atoms with E-state index in [1.54, 1.807) is 37.4 Å². The number of nitrogens with one attached hydrogen (secondary N) is 1. The fraction of sp³-hybridized carbons (Fsp3) is 0.0714. The lowest BCUT2D eigenvalue weighted by molar-refractivity contribution is -0.112. The van der Waals surface area contributed by atoms with E-state index in [0.29, 0.717) is 34.4 Å². The van der Waals surface area contributed by atoms with Gasteiger partial charge in [-0.3, -0.25) is 4.79 Å². The molecule has 174 valence electrons. The number of hydrogen-bond acceptors (Lipinski definition) is 4. The van der Waals surface area contributed by atoms with Crippen LogP contribution in [0.1, 0.15) is 11.1 Å². The van der Waals surface area contributed by atoms with Crippen molar-refractivity contribution in [1.29, 1.82) is 5.26 Å². The summed E-state index contributed by atoms with van der Waals surface area (Å²) in [7, 11) is 1.56. The van der Waals surface area contributed by atoms with Crippen LogP contribution >= 0.6 is 34.2 Å². The largest absolute Gasteiger partial charge is 0.493 e. The van der Waals surface area contributed by atoms with Crippen LogP contribution in [-0.2, 0) is 11.4 Å². The van der Waals surface area contributed by atoms with Gasteiger partial charge in [-0.25, -0.2) is 0 Å². The Balaban J connectivity index is 1.57. The number of carbonyl (C=O) groups is 1. The number of nitrogens with zero attached hydrogens (tertiary/aromatic N) is 1. The zero-order valence-corrected chi connectivity index (χ0v) is 21.6. The molecule has 1 N–H and O–H groups in total.